The van der Waals surface area contributed by atoms with E-state index in [1.165, 1.54) is 35.0 Å². The highest BCUT2D eigenvalue weighted by molar-refractivity contribution is 5.94. The lowest BCUT2D eigenvalue weighted by atomic mass is 10.2. The number of aromatic hydroxyl groups is 1. The maximum Gasteiger partial charge on any atom is 0.293 e. The molecule has 1 amide bonds. The molecule has 1 heterocycles. The SMILES string of the molecule is C[C@H](C(=O)Nc1ccccc1[N+](=O)[O-])[n+]1cccc(O)c1. The molecule has 0 aliphatic heterocycles. The molecule has 0 aliphatic rings. The van der Waals surface area contributed by atoms with Crippen LogP contribution >= 0.6 is 0 Å². The zero-order valence-corrected chi connectivity index (χ0v) is 11.3. The molecule has 0 unspecified atom stereocenters. The number of carbonyl (C=O) groups excluding carboxylic acids is 1. The van der Waals surface area contributed by atoms with Crippen molar-refractivity contribution in [2.75, 3.05) is 5.32 Å². The molecule has 108 valence electrons. The number of hydrogen-bond acceptors (Lipinski definition) is 4. The van der Waals surface area contributed by atoms with Crippen LogP contribution in [0, 0.1) is 10.1 Å². The third-order valence-electron chi connectivity index (χ3n) is 2.99. The van der Waals surface area contributed by atoms with Gasteiger partial charge >= 0.3 is 0 Å². The first kappa shape index (κ1) is 14.4. The highest BCUT2D eigenvalue weighted by Crippen LogP contribution is 2.23. The molecule has 21 heavy (non-hydrogen) atoms. The Bertz CT molecular complexity index is 687. The summed E-state index contributed by atoms with van der Waals surface area (Å²) in [6, 6.07) is 8.39. The summed E-state index contributed by atoms with van der Waals surface area (Å²) in [5, 5.41) is 22.8. The van der Waals surface area contributed by atoms with E-state index in [0.29, 0.717) is 0 Å². The minimum absolute atomic E-state index is 0.0304. The van der Waals surface area contributed by atoms with Crippen LogP contribution in [-0.4, -0.2) is 15.9 Å². The summed E-state index contributed by atoms with van der Waals surface area (Å²) in [6.07, 6.45) is 3.03. The molecule has 1 atom stereocenters. The number of para-hydroxylation sites is 2. The number of nitro groups is 1. The van der Waals surface area contributed by atoms with Crippen molar-refractivity contribution >= 4 is 17.3 Å². The largest absolute Gasteiger partial charge is 0.503 e. The summed E-state index contributed by atoms with van der Waals surface area (Å²) in [5.74, 6) is -0.386. The fourth-order valence-electron chi connectivity index (χ4n) is 1.83. The van der Waals surface area contributed by atoms with Crippen LogP contribution in [0.4, 0.5) is 11.4 Å². The average Bonchev–Trinajstić information content (AvgIpc) is 2.46. The van der Waals surface area contributed by atoms with E-state index in [-0.39, 0.29) is 17.1 Å². The molecular weight excluding hydrogens is 274 g/mol. The minimum Gasteiger partial charge on any atom is -0.503 e. The third-order valence-corrected chi connectivity index (χ3v) is 2.99. The van der Waals surface area contributed by atoms with Crippen LogP contribution < -0.4 is 9.88 Å². The Morgan fingerprint density at radius 2 is 2.05 bits per heavy atom. The van der Waals surface area contributed by atoms with Crippen molar-refractivity contribution < 1.29 is 19.4 Å². The molecule has 2 aromatic rings. The Morgan fingerprint density at radius 1 is 1.33 bits per heavy atom. The summed E-state index contributed by atoms with van der Waals surface area (Å²) >= 11 is 0. The van der Waals surface area contributed by atoms with E-state index in [4.69, 9.17) is 0 Å². The Kier molecular flexibility index (Phi) is 4.13. The molecule has 0 saturated carbocycles. The number of nitro benzene ring substituents is 1. The molecule has 0 fully saturated rings. The number of rotatable bonds is 4. The predicted molar refractivity (Wildman–Crippen MR) is 74.7 cm³/mol. The lowest BCUT2D eigenvalue weighted by Gasteiger charge is -2.09. The predicted octanol–water partition coefficient (Wildman–Crippen LogP) is 1.79. The minimum atomic E-state index is -0.628. The summed E-state index contributed by atoms with van der Waals surface area (Å²) in [4.78, 5) is 22.5. The van der Waals surface area contributed by atoms with E-state index in [2.05, 4.69) is 5.32 Å². The van der Waals surface area contributed by atoms with E-state index in [0.717, 1.165) is 0 Å². The van der Waals surface area contributed by atoms with Gasteiger partial charge in [0.05, 0.1) is 4.92 Å². The van der Waals surface area contributed by atoms with Crippen molar-refractivity contribution in [1.82, 2.24) is 0 Å². The Morgan fingerprint density at radius 3 is 2.71 bits per heavy atom. The van der Waals surface area contributed by atoms with Crippen molar-refractivity contribution in [2.24, 2.45) is 0 Å². The highest BCUT2D eigenvalue weighted by Gasteiger charge is 2.24. The number of pyridine rings is 1. The van der Waals surface area contributed by atoms with Gasteiger partial charge in [-0.3, -0.25) is 14.9 Å². The molecule has 1 aromatic carbocycles. The first-order valence-corrected chi connectivity index (χ1v) is 6.23. The van der Waals surface area contributed by atoms with Crippen molar-refractivity contribution in [3.8, 4) is 5.75 Å². The molecule has 7 heteroatoms. The lowest BCUT2D eigenvalue weighted by Crippen LogP contribution is -2.43. The fourth-order valence-corrected chi connectivity index (χ4v) is 1.83. The zero-order valence-electron chi connectivity index (χ0n) is 11.3. The molecule has 0 saturated heterocycles. The molecule has 7 nitrogen and oxygen atoms in total. The topological polar surface area (TPSA) is 96.3 Å². The molecule has 2 rings (SSSR count). The van der Waals surface area contributed by atoms with Gasteiger partial charge in [0.1, 0.15) is 5.69 Å². The van der Waals surface area contributed by atoms with Crippen LogP contribution in [0.25, 0.3) is 0 Å². The van der Waals surface area contributed by atoms with Crippen molar-refractivity contribution in [3.05, 3.63) is 58.9 Å². The van der Waals surface area contributed by atoms with Crippen molar-refractivity contribution in [3.63, 3.8) is 0 Å². The third kappa shape index (κ3) is 3.33. The van der Waals surface area contributed by atoms with Gasteiger partial charge in [0.25, 0.3) is 11.6 Å². The van der Waals surface area contributed by atoms with Crippen molar-refractivity contribution in [2.45, 2.75) is 13.0 Å². The van der Waals surface area contributed by atoms with E-state index in [1.807, 2.05) is 0 Å². The van der Waals surface area contributed by atoms with Gasteiger partial charge in [0, 0.05) is 19.1 Å². The standard InChI is InChI=1S/C14H13N3O4/c1-10(16-8-4-5-11(18)9-16)14(19)15-12-6-2-3-7-13(12)17(20)21/h2-10H,1H3,(H-,15,18,19)/p+1/t10-/m1/s1. The van der Waals surface area contributed by atoms with E-state index < -0.39 is 16.9 Å². The van der Waals surface area contributed by atoms with E-state index in [1.54, 1.807) is 25.3 Å². The Hall–Kier alpha value is -2.96. The number of amides is 1. The van der Waals surface area contributed by atoms with Crippen LogP contribution in [0.15, 0.2) is 48.8 Å². The molecule has 0 radical (unpaired) electrons. The van der Waals surface area contributed by atoms with Crippen LogP contribution in [-0.2, 0) is 4.79 Å². The fraction of sp³-hybridized carbons (Fsp3) is 0.143. The summed E-state index contributed by atoms with van der Waals surface area (Å²) in [5.41, 5.74) is -0.0286. The Balaban J connectivity index is 2.20. The maximum atomic E-state index is 12.2. The second-order valence-corrected chi connectivity index (χ2v) is 4.45. The number of aromatic nitrogens is 1. The first-order valence-electron chi connectivity index (χ1n) is 6.23. The number of nitrogens with zero attached hydrogens (tertiary/aromatic N) is 2. The van der Waals surface area contributed by atoms with Gasteiger partial charge in [0.15, 0.2) is 11.9 Å². The van der Waals surface area contributed by atoms with Gasteiger partial charge < -0.3 is 10.4 Å². The van der Waals surface area contributed by atoms with E-state index in [9.17, 15) is 20.0 Å². The normalized spacial score (nSPS) is 11.7. The summed E-state index contributed by atoms with van der Waals surface area (Å²) in [6.45, 7) is 1.63. The van der Waals surface area contributed by atoms with E-state index >= 15 is 0 Å². The summed E-state index contributed by atoms with van der Waals surface area (Å²) in [7, 11) is 0. The lowest BCUT2D eigenvalue weighted by molar-refractivity contribution is -0.705. The number of hydrogen-bond donors (Lipinski definition) is 2. The van der Waals surface area contributed by atoms with Crippen molar-refractivity contribution in [1.29, 1.82) is 0 Å². The maximum absolute atomic E-state index is 12.2. The van der Waals surface area contributed by atoms with Crippen LogP contribution in [0.1, 0.15) is 13.0 Å². The zero-order chi connectivity index (χ0) is 15.4. The number of carbonyl (C=O) groups is 1. The van der Waals surface area contributed by atoms with Crippen LogP contribution in [0.3, 0.4) is 0 Å². The molecule has 0 spiro atoms. The molecule has 2 N–H and O–H groups in total. The highest BCUT2D eigenvalue weighted by atomic mass is 16.6. The molecule has 0 aliphatic carbocycles. The monoisotopic (exact) mass is 288 g/mol. The van der Waals surface area contributed by atoms with Gasteiger partial charge in [-0.15, -0.1) is 0 Å². The van der Waals surface area contributed by atoms with Crippen LogP contribution in [0.2, 0.25) is 0 Å². The number of nitrogens with one attached hydrogen (secondary N) is 1. The number of anilines is 1. The average molecular weight is 288 g/mol. The quantitative estimate of drug-likeness (QED) is 0.509. The van der Waals surface area contributed by atoms with Gasteiger partial charge in [-0.1, -0.05) is 12.1 Å². The van der Waals surface area contributed by atoms with Crippen LogP contribution in [0.5, 0.6) is 5.75 Å². The molecular formula is C14H14N3O4+. The van der Waals surface area contributed by atoms with Gasteiger partial charge in [-0.2, -0.15) is 4.57 Å². The first-order chi connectivity index (χ1) is 9.99. The summed E-state index contributed by atoms with van der Waals surface area (Å²) < 4.78 is 1.51. The second-order valence-electron chi connectivity index (χ2n) is 4.45. The van der Waals surface area contributed by atoms with Gasteiger partial charge in [-0.25, -0.2) is 0 Å². The van der Waals surface area contributed by atoms with Gasteiger partial charge in [-0.05, 0) is 12.1 Å². The molecule has 0 bridgehead atoms. The number of benzene rings is 1. The smallest absolute Gasteiger partial charge is 0.293 e. The van der Waals surface area contributed by atoms with Gasteiger partial charge in [0.2, 0.25) is 12.2 Å². The molecule has 1 aromatic heterocycles. The second kappa shape index (κ2) is 6.00. The Labute approximate surface area is 120 Å².